The molecule has 1 spiro atoms. The van der Waals surface area contributed by atoms with Crippen LogP contribution in [0.1, 0.15) is 58.3 Å². The average molecular weight is 182 g/mol. The van der Waals surface area contributed by atoms with Gasteiger partial charge in [0.15, 0.2) is 0 Å². The lowest BCUT2D eigenvalue weighted by atomic mass is 9.61. The molecule has 1 nitrogen and oxygen atoms in total. The van der Waals surface area contributed by atoms with E-state index in [1.807, 2.05) is 0 Å². The number of rotatable bonds is 3. The fraction of sp³-hybridized carbons (Fsp3) is 1.00. The highest BCUT2D eigenvalue weighted by Crippen LogP contribution is 2.58. The van der Waals surface area contributed by atoms with Crippen LogP contribution >= 0.6 is 0 Å². The molecule has 0 aliphatic heterocycles. The molecule has 0 saturated heterocycles. The topological polar surface area (TPSA) is 20.2 Å². The highest BCUT2D eigenvalue weighted by atomic mass is 16.3. The van der Waals surface area contributed by atoms with Gasteiger partial charge in [-0.2, -0.15) is 0 Å². The van der Waals surface area contributed by atoms with Gasteiger partial charge in [-0.25, -0.2) is 0 Å². The van der Waals surface area contributed by atoms with Crippen LogP contribution in [0.2, 0.25) is 0 Å². The van der Waals surface area contributed by atoms with Crippen molar-refractivity contribution in [3.8, 4) is 0 Å². The van der Waals surface area contributed by atoms with Crippen LogP contribution in [-0.2, 0) is 0 Å². The van der Waals surface area contributed by atoms with Gasteiger partial charge in [0.25, 0.3) is 0 Å². The van der Waals surface area contributed by atoms with Crippen molar-refractivity contribution >= 4 is 0 Å². The lowest BCUT2D eigenvalue weighted by Gasteiger charge is -2.45. The van der Waals surface area contributed by atoms with Gasteiger partial charge in [0.05, 0.1) is 6.10 Å². The Labute approximate surface area is 81.5 Å². The maximum absolute atomic E-state index is 10.0. The normalized spacial score (nSPS) is 33.2. The molecular formula is C12H22O. The van der Waals surface area contributed by atoms with E-state index in [9.17, 15) is 5.11 Å². The van der Waals surface area contributed by atoms with Crippen LogP contribution in [0.5, 0.6) is 0 Å². The summed E-state index contributed by atoms with van der Waals surface area (Å²) >= 11 is 0. The predicted octanol–water partition coefficient (Wildman–Crippen LogP) is 3.12. The first kappa shape index (κ1) is 9.51. The largest absolute Gasteiger partial charge is 0.393 e. The molecule has 2 atom stereocenters. The van der Waals surface area contributed by atoms with Gasteiger partial charge in [-0.1, -0.05) is 26.2 Å². The minimum atomic E-state index is 0.00722. The van der Waals surface area contributed by atoms with Crippen LogP contribution in [0, 0.1) is 11.3 Å². The fourth-order valence-electron chi connectivity index (χ4n) is 3.51. The zero-order valence-corrected chi connectivity index (χ0v) is 8.76. The van der Waals surface area contributed by atoms with Gasteiger partial charge in [-0.3, -0.25) is 0 Å². The van der Waals surface area contributed by atoms with Crippen LogP contribution in [0.15, 0.2) is 0 Å². The summed E-state index contributed by atoms with van der Waals surface area (Å²) in [6.45, 7) is 2.17. The van der Waals surface area contributed by atoms with Crippen molar-refractivity contribution in [3.05, 3.63) is 0 Å². The first-order valence-electron chi connectivity index (χ1n) is 5.96. The standard InChI is InChI=1S/C12H22O/c1-2-5-11(13)10-6-3-7-12(10)8-4-9-12/h10-11,13H,2-9H2,1H3. The van der Waals surface area contributed by atoms with Crippen LogP contribution in [0.25, 0.3) is 0 Å². The summed E-state index contributed by atoms with van der Waals surface area (Å²) in [5.41, 5.74) is 0.606. The Bertz CT molecular complexity index is 172. The number of aliphatic hydroxyl groups is 1. The Morgan fingerprint density at radius 1 is 1.31 bits per heavy atom. The highest BCUT2D eigenvalue weighted by molar-refractivity contribution is 4.99. The molecule has 1 N–H and O–H groups in total. The summed E-state index contributed by atoms with van der Waals surface area (Å²) in [5, 5.41) is 10.0. The summed E-state index contributed by atoms with van der Waals surface area (Å²) in [6, 6.07) is 0. The molecule has 2 unspecified atom stereocenters. The van der Waals surface area contributed by atoms with Gasteiger partial charge in [-0.05, 0) is 43.4 Å². The molecule has 0 aromatic carbocycles. The molecule has 0 radical (unpaired) electrons. The third-order valence-electron chi connectivity index (χ3n) is 4.37. The highest BCUT2D eigenvalue weighted by Gasteiger charge is 2.49. The lowest BCUT2D eigenvalue weighted by molar-refractivity contribution is -0.0156. The van der Waals surface area contributed by atoms with E-state index in [1.165, 1.54) is 38.5 Å². The fourth-order valence-corrected chi connectivity index (χ4v) is 3.51. The molecular weight excluding hydrogens is 160 g/mol. The van der Waals surface area contributed by atoms with Gasteiger partial charge in [-0.15, -0.1) is 0 Å². The molecule has 0 aromatic rings. The van der Waals surface area contributed by atoms with Crippen molar-refractivity contribution in [2.75, 3.05) is 0 Å². The Kier molecular flexibility index (Phi) is 2.64. The maximum Gasteiger partial charge on any atom is 0.0573 e. The van der Waals surface area contributed by atoms with Gasteiger partial charge in [0.1, 0.15) is 0 Å². The van der Waals surface area contributed by atoms with Crippen molar-refractivity contribution in [1.82, 2.24) is 0 Å². The average Bonchev–Trinajstić information content (AvgIpc) is 2.46. The minimum Gasteiger partial charge on any atom is -0.393 e. The molecule has 2 aliphatic carbocycles. The van der Waals surface area contributed by atoms with Gasteiger partial charge in [0, 0.05) is 0 Å². The molecule has 0 amide bonds. The van der Waals surface area contributed by atoms with Crippen LogP contribution in [0.4, 0.5) is 0 Å². The van der Waals surface area contributed by atoms with Gasteiger partial charge in [0.2, 0.25) is 0 Å². The monoisotopic (exact) mass is 182 g/mol. The van der Waals surface area contributed by atoms with E-state index in [0.717, 1.165) is 12.8 Å². The first-order chi connectivity index (χ1) is 6.28. The van der Waals surface area contributed by atoms with E-state index >= 15 is 0 Å². The Hall–Kier alpha value is -0.0400. The van der Waals surface area contributed by atoms with Crippen LogP contribution < -0.4 is 0 Å². The third-order valence-corrected chi connectivity index (χ3v) is 4.37. The van der Waals surface area contributed by atoms with Crippen molar-refractivity contribution in [1.29, 1.82) is 0 Å². The quantitative estimate of drug-likeness (QED) is 0.711. The molecule has 2 rings (SSSR count). The van der Waals surface area contributed by atoms with E-state index in [0.29, 0.717) is 11.3 Å². The van der Waals surface area contributed by atoms with Gasteiger partial charge < -0.3 is 5.11 Å². The van der Waals surface area contributed by atoms with E-state index in [-0.39, 0.29) is 6.10 Å². The second-order valence-corrected chi connectivity index (χ2v) is 5.07. The summed E-state index contributed by atoms with van der Waals surface area (Å²) in [5.74, 6) is 0.654. The zero-order chi connectivity index (χ0) is 9.31. The molecule has 13 heavy (non-hydrogen) atoms. The Morgan fingerprint density at radius 2 is 2.00 bits per heavy atom. The molecule has 76 valence electrons. The first-order valence-corrected chi connectivity index (χ1v) is 5.96. The van der Waals surface area contributed by atoms with Crippen molar-refractivity contribution in [2.45, 2.75) is 64.4 Å². The molecule has 2 saturated carbocycles. The molecule has 0 heterocycles. The van der Waals surface area contributed by atoms with Gasteiger partial charge >= 0.3 is 0 Å². The summed E-state index contributed by atoms with van der Waals surface area (Å²) < 4.78 is 0. The summed E-state index contributed by atoms with van der Waals surface area (Å²) in [4.78, 5) is 0. The third kappa shape index (κ3) is 1.52. The number of hydrogen-bond acceptors (Lipinski definition) is 1. The Balaban J connectivity index is 1.97. The minimum absolute atomic E-state index is 0.00722. The van der Waals surface area contributed by atoms with E-state index in [2.05, 4.69) is 6.92 Å². The molecule has 0 aromatic heterocycles. The lowest BCUT2D eigenvalue weighted by Crippen LogP contribution is -2.39. The van der Waals surface area contributed by atoms with E-state index in [1.54, 1.807) is 0 Å². The van der Waals surface area contributed by atoms with Crippen LogP contribution in [-0.4, -0.2) is 11.2 Å². The van der Waals surface area contributed by atoms with Crippen molar-refractivity contribution < 1.29 is 5.11 Å². The number of aliphatic hydroxyl groups excluding tert-OH is 1. The Morgan fingerprint density at radius 3 is 2.54 bits per heavy atom. The van der Waals surface area contributed by atoms with E-state index in [4.69, 9.17) is 0 Å². The van der Waals surface area contributed by atoms with E-state index < -0.39 is 0 Å². The van der Waals surface area contributed by atoms with Crippen LogP contribution in [0.3, 0.4) is 0 Å². The second kappa shape index (κ2) is 3.61. The molecule has 0 bridgehead atoms. The molecule has 2 aliphatic rings. The predicted molar refractivity (Wildman–Crippen MR) is 54.5 cm³/mol. The van der Waals surface area contributed by atoms with Crippen molar-refractivity contribution in [3.63, 3.8) is 0 Å². The summed E-state index contributed by atoms with van der Waals surface area (Å²) in [6.07, 6.45) is 10.4. The summed E-state index contributed by atoms with van der Waals surface area (Å²) in [7, 11) is 0. The smallest absolute Gasteiger partial charge is 0.0573 e. The SMILES string of the molecule is CCCC(O)C1CCCC12CCC2. The second-order valence-electron chi connectivity index (χ2n) is 5.07. The zero-order valence-electron chi connectivity index (χ0n) is 8.76. The van der Waals surface area contributed by atoms with Crippen molar-refractivity contribution in [2.24, 2.45) is 11.3 Å². The molecule has 2 fully saturated rings. The maximum atomic E-state index is 10.0. The molecule has 1 heteroatoms. The number of hydrogen-bond donors (Lipinski definition) is 1.